The van der Waals surface area contributed by atoms with Gasteiger partial charge in [-0.25, -0.2) is 0 Å². The Balaban J connectivity index is 2.06. The van der Waals surface area contributed by atoms with E-state index in [1.54, 1.807) is 24.3 Å². The first-order chi connectivity index (χ1) is 10.9. The molecule has 1 heterocycles. The molecule has 1 aliphatic heterocycles. The van der Waals surface area contributed by atoms with Gasteiger partial charge in [0.05, 0.1) is 12.1 Å². The van der Waals surface area contributed by atoms with Gasteiger partial charge in [-0.1, -0.05) is 26.0 Å². The third-order valence-electron chi connectivity index (χ3n) is 3.33. The lowest BCUT2D eigenvalue weighted by Gasteiger charge is -2.28. The molecule has 0 aliphatic carbocycles. The van der Waals surface area contributed by atoms with E-state index in [0.29, 0.717) is 18.0 Å². The number of ether oxygens (including phenoxy) is 1. The summed E-state index contributed by atoms with van der Waals surface area (Å²) in [6.45, 7) is 3.71. The van der Waals surface area contributed by atoms with Gasteiger partial charge in [0.2, 0.25) is 5.91 Å². The van der Waals surface area contributed by atoms with E-state index in [4.69, 9.17) is 9.84 Å². The van der Waals surface area contributed by atoms with Crippen molar-refractivity contribution in [3.8, 4) is 5.75 Å². The molecule has 1 aromatic rings. The van der Waals surface area contributed by atoms with Crippen molar-refractivity contribution in [2.75, 3.05) is 18.4 Å². The minimum atomic E-state index is -1.08. The number of benzene rings is 1. The summed E-state index contributed by atoms with van der Waals surface area (Å²) in [7, 11) is 0. The smallest absolute Gasteiger partial charge is 0.323 e. The number of carboxylic acids is 1. The van der Waals surface area contributed by atoms with E-state index in [0.717, 1.165) is 0 Å². The predicted molar refractivity (Wildman–Crippen MR) is 83.2 cm³/mol. The fourth-order valence-electron chi connectivity index (χ4n) is 2.37. The number of aliphatic carboxylic acids is 1. The number of hydrogen-bond donors (Lipinski definition) is 2. The summed E-state index contributed by atoms with van der Waals surface area (Å²) in [5.41, 5.74) is 0.561. The SMILES string of the molecule is CC(C)CN(CC(=O)O)C(=O)CC1Oc2ccccc2NC1=O. The van der Waals surface area contributed by atoms with Gasteiger partial charge in [0.25, 0.3) is 5.91 Å². The highest BCUT2D eigenvalue weighted by Crippen LogP contribution is 2.29. The van der Waals surface area contributed by atoms with Crippen LogP contribution in [-0.2, 0) is 14.4 Å². The first-order valence-corrected chi connectivity index (χ1v) is 7.43. The highest BCUT2D eigenvalue weighted by atomic mass is 16.5. The van der Waals surface area contributed by atoms with Crippen LogP contribution in [0.2, 0.25) is 0 Å². The van der Waals surface area contributed by atoms with Gasteiger partial charge in [-0.15, -0.1) is 0 Å². The lowest BCUT2D eigenvalue weighted by molar-refractivity contribution is -0.146. The van der Waals surface area contributed by atoms with Gasteiger partial charge in [-0.05, 0) is 18.1 Å². The molecule has 2 rings (SSSR count). The monoisotopic (exact) mass is 320 g/mol. The van der Waals surface area contributed by atoms with Crippen LogP contribution in [0.4, 0.5) is 5.69 Å². The lowest BCUT2D eigenvalue weighted by Crippen LogP contribution is -2.44. The molecule has 1 unspecified atom stereocenters. The van der Waals surface area contributed by atoms with Crippen LogP contribution in [0.3, 0.4) is 0 Å². The minimum Gasteiger partial charge on any atom is -0.480 e. The highest BCUT2D eigenvalue weighted by molar-refractivity contribution is 6.00. The summed E-state index contributed by atoms with van der Waals surface area (Å²) in [6, 6.07) is 6.95. The minimum absolute atomic E-state index is 0.125. The quantitative estimate of drug-likeness (QED) is 0.825. The fourth-order valence-corrected chi connectivity index (χ4v) is 2.37. The average Bonchev–Trinajstić information content (AvgIpc) is 2.46. The Morgan fingerprint density at radius 1 is 1.35 bits per heavy atom. The molecule has 1 aliphatic rings. The summed E-state index contributed by atoms with van der Waals surface area (Å²) >= 11 is 0. The van der Waals surface area contributed by atoms with Crippen LogP contribution in [0.15, 0.2) is 24.3 Å². The predicted octanol–water partition coefficient (Wildman–Crippen LogP) is 1.35. The molecule has 124 valence electrons. The second kappa shape index (κ2) is 7.13. The van der Waals surface area contributed by atoms with Crippen molar-refractivity contribution >= 4 is 23.5 Å². The van der Waals surface area contributed by atoms with Crippen LogP contribution in [0.5, 0.6) is 5.75 Å². The summed E-state index contributed by atoms with van der Waals surface area (Å²) < 4.78 is 5.57. The summed E-state index contributed by atoms with van der Waals surface area (Å²) in [4.78, 5) is 36.5. The third-order valence-corrected chi connectivity index (χ3v) is 3.33. The van der Waals surface area contributed by atoms with E-state index in [1.807, 2.05) is 13.8 Å². The number of nitrogens with zero attached hydrogens (tertiary/aromatic N) is 1. The topological polar surface area (TPSA) is 95.9 Å². The summed E-state index contributed by atoms with van der Waals surface area (Å²) in [5, 5.41) is 11.6. The molecule has 2 N–H and O–H groups in total. The van der Waals surface area contributed by atoms with E-state index < -0.39 is 23.9 Å². The van der Waals surface area contributed by atoms with Crippen LogP contribution < -0.4 is 10.1 Å². The largest absolute Gasteiger partial charge is 0.480 e. The molecule has 0 aromatic heterocycles. The zero-order chi connectivity index (χ0) is 17.0. The van der Waals surface area contributed by atoms with E-state index in [9.17, 15) is 14.4 Å². The molecule has 0 spiro atoms. The molecule has 7 heteroatoms. The lowest BCUT2D eigenvalue weighted by atomic mass is 10.1. The number of hydrogen-bond acceptors (Lipinski definition) is 4. The number of nitrogens with one attached hydrogen (secondary N) is 1. The number of anilines is 1. The number of carboxylic acid groups (broad SMARTS) is 1. The first kappa shape index (κ1) is 16.8. The molecule has 0 bridgehead atoms. The van der Waals surface area contributed by atoms with Crippen LogP contribution in [-0.4, -0.2) is 47.0 Å². The molecule has 2 amide bonds. The van der Waals surface area contributed by atoms with Crippen LogP contribution >= 0.6 is 0 Å². The molecular formula is C16H20N2O5. The number of para-hydroxylation sites is 2. The van der Waals surface area contributed by atoms with E-state index in [1.165, 1.54) is 4.90 Å². The van der Waals surface area contributed by atoms with Crippen molar-refractivity contribution in [3.63, 3.8) is 0 Å². The van der Waals surface area contributed by atoms with E-state index in [2.05, 4.69) is 5.32 Å². The van der Waals surface area contributed by atoms with Gasteiger partial charge < -0.3 is 20.1 Å². The molecule has 1 atom stereocenters. The zero-order valence-corrected chi connectivity index (χ0v) is 13.1. The van der Waals surface area contributed by atoms with Crippen molar-refractivity contribution < 1.29 is 24.2 Å². The van der Waals surface area contributed by atoms with Crippen molar-refractivity contribution in [2.45, 2.75) is 26.4 Å². The summed E-state index contributed by atoms with van der Waals surface area (Å²) in [6.07, 6.45) is -1.15. The Morgan fingerprint density at radius 3 is 2.70 bits per heavy atom. The first-order valence-electron chi connectivity index (χ1n) is 7.43. The van der Waals surface area contributed by atoms with Gasteiger partial charge in [0, 0.05) is 6.54 Å². The van der Waals surface area contributed by atoms with E-state index in [-0.39, 0.29) is 18.9 Å². The van der Waals surface area contributed by atoms with E-state index >= 15 is 0 Å². The van der Waals surface area contributed by atoms with Crippen molar-refractivity contribution in [1.82, 2.24) is 4.90 Å². The van der Waals surface area contributed by atoms with Gasteiger partial charge in [0.15, 0.2) is 6.10 Å². The molecule has 7 nitrogen and oxygen atoms in total. The molecule has 0 radical (unpaired) electrons. The van der Waals surface area contributed by atoms with Crippen LogP contribution in [0.1, 0.15) is 20.3 Å². The fraction of sp³-hybridized carbons (Fsp3) is 0.438. The maximum atomic E-state index is 12.3. The van der Waals surface area contributed by atoms with Crippen LogP contribution in [0, 0.1) is 5.92 Å². The Bertz CT molecular complexity index is 614. The molecule has 23 heavy (non-hydrogen) atoms. The van der Waals surface area contributed by atoms with Crippen molar-refractivity contribution in [2.24, 2.45) is 5.92 Å². The number of amides is 2. The Morgan fingerprint density at radius 2 is 2.04 bits per heavy atom. The van der Waals surface area contributed by atoms with Gasteiger partial charge in [-0.3, -0.25) is 14.4 Å². The number of rotatable bonds is 6. The maximum absolute atomic E-state index is 12.3. The summed E-state index contributed by atoms with van der Waals surface area (Å²) in [5.74, 6) is -1.28. The average molecular weight is 320 g/mol. The number of carbonyl (C=O) groups excluding carboxylic acids is 2. The normalized spacial score (nSPS) is 16.3. The standard InChI is InChI=1S/C16H20N2O5/c1-10(2)8-18(9-15(20)21)14(19)7-13-16(22)17-11-5-3-4-6-12(11)23-13/h3-6,10,13H,7-9H2,1-2H3,(H,17,22)(H,20,21). The molecule has 0 saturated carbocycles. The van der Waals surface area contributed by atoms with Gasteiger partial charge in [-0.2, -0.15) is 0 Å². The zero-order valence-electron chi connectivity index (χ0n) is 13.1. The van der Waals surface area contributed by atoms with Crippen molar-refractivity contribution in [3.05, 3.63) is 24.3 Å². The van der Waals surface area contributed by atoms with Gasteiger partial charge >= 0.3 is 5.97 Å². The highest BCUT2D eigenvalue weighted by Gasteiger charge is 2.31. The molecule has 1 aromatic carbocycles. The molecular weight excluding hydrogens is 300 g/mol. The van der Waals surface area contributed by atoms with Crippen molar-refractivity contribution in [1.29, 1.82) is 0 Å². The number of carbonyl (C=O) groups is 3. The maximum Gasteiger partial charge on any atom is 0.323 e. The Hall–Kier alpha value is -2.57. The van der Waals surface area contributed by atoms with Crippen LogP contribution in [0.25, 0.3) is 0 Å². The Kier molecular flexibility index (Phi) is 5.20. The molecule has 0 fully saturated rings. The second-order valence-corrected chi connectivity index (χ2v) is 5.86. The molecule has 0 saturated heterocycles. The third kappa shape index (κ3) is 4.45. The number of fused-ring (bicyclic) bond motifs is 1. The second-order valence-electron chi connectivity index (χ2n) is 5.86. The van der Waals surface area contributed by atoms with Gasteiger partial charge in [0.1, 0.15) is 12.3 Å². The Labute approximate surface area is 134 Å².